The zero-order chi connectivity index (χ0) is 14.1. The molecule has 0 saturated heterocycles. The lowest BCUT2D eigenvalue weighted by Gasteiger charge is -2.27. The summed E-state index contributed by atoms with van der Waals surface area (Å²) in [6.45, 7) is 0. The molecule has 6 heteroatoms. The Morgan fingerprint density at radius 3 is 2.65 bits per heavy atom. The highest BCUT2D eigenvalue weighted by molar-refractivity contribution is 5.78. The number of hydrogen-bond donors (Lipinski definition) is 1. The van der Waals surface area contributed by atoms with Crippen molar-refractivity contribution in [1.82, 2.24) is 9.97 Å². The summed E-state index contributed by atoms with van der Waals surface area (Å²) >= 11 is 0. The van der Waals surface area contributed by atoms with Gasteiger partial charge in [0, 0.05) is 5.56 Å². The van der Waals surface area contributed by atoms with Crippen LogP contribution in [0.4, 0.5) is 11.5 Å². The predicted molar refractivity (Wildman–Crippen MR) is 75.1 cm³/mol. The number of anilines is 1. The van der Waals surface area contributed by atoms with Gasteiger partial charge in [0.1, 0.15) is 6.33 Å². The third kappa shape index (κ3) is 1.99. The van der Waals surface area contributed by atoms with Crippen molar-refractivity contribution in [2.45, 2.75) is 25.2 Å². The van der Waals surface area contributed by atoms with Gasteiger partial charge in [0.05, 0.1) is 4.92 Å². The molecule has 3 rings (SSSR count). The van der Waals surface area contributed by atoms with Gasteiger partial charge in [-0.3, -0.25) is 10.1 Å². The fraction of sp³-hybridized carbons (Fsp3) is 0.286. The van der Waals surface area contributed by atoms with Gasteiger partial charge in [-0.25, -0.2) is 9.97 Å². The quantitative estimate of drug-likeness (QED) is 0.683. The van der Waals surface area contributed by atoms with Crippen molar-refractivity contribution in [1.29, 1.82) is 0 Å². The summed E-state index contributed by atoms with van der Waals surface area (Å²) in [4.78, 5) is 18.5. The first-order valence-electron chi connectivity index (χ1n) is 6.52. The Kier molecular flexibility index (Phi) is 3.06. The normalized spacial score (nSPS) is 14.8. The van der Waals surface area contributed by atoms with E-state index in [4.69, 9.17) is 5.73 Å². The Labute approximate surface area is 115 Å². The molecule has 0 aliphatic heterocycles. The highest BCUT2D eigenvalue weighted by Gasteiger charge is 2.28. The van der Waals surface area contributed by atoms with E-state index in [1.54, 1.807) is 0 Å². The van der Waals surface area contributed by atoms with E-state index in [1.807, 2.05) is 24.3 Å². The molecule has 0 atom stereocenters. The van der Waals surface area contributed by atoms with Crippen molar-refractivity contribution in [3.63, 3.8) is 0 Å². The molecule has 1 saturated carbocycles. The second-order valence-electron chi connectivity index (χ2n) is 4.93. The third-order valence-corrected chi connectivity index (χ3v) is 3.79. The second kappa shape index (κ2) is 4.88. The molecule has 1 aliphatic rings. The van der Waals surface area contributed by atoms with Gasteiger partial charge in [0.25, 0.3) is 0 Å². The van der Waals surface area contributed by atoms with E-state index in [1.165, 1.54) is 12.7 Å². The second-order valence-corrected chi connectivity index (χ2v) is 4.93. The Morgan fingerprint density at radius 2 is 2.00 bits per heavy atom. The van der Waals surface area contributed by atoms with Gasteiger partial charge in [0.2, 0.25) is 5.82 Å². The van der Waals surface area contributed by atoms with Crippen molar-refractivity contribution in [2.24, 2.45) is 0 Å². The van der Waals surface area contributed by atoms with Crippen LogP contribution in [0.15, 0.2) is 30.6 Å². The largest absolute Gasteiger partial charge is 0.378 e. The average molecular weight is 270 g/mol. The first kappa shape index (κ1) is 12.5. The fourth-order valence-electron chi connectivity index (χ4n) is 2.56. The summed E-state index contributed by atoms with van der Waals surface area (Å²) in [6.07, 6.45) is 4.71. The smallest absolute Gasteiger partial charge is 0.337 e. The van der Waals surface area contributed by atoms with E-state index in [0.29, 0.717) is 11.6 Å². The van der Waals surface area contributed by atoms with Crippen molar-refractivity contribution < 1.29 is 4.92 Å². The maximum atomic E-state index is 11.2. The molecule has 0 bridgehead atoms. The van der Waals surface area contributed by atoms with E-state index < -0.39 is 4.92 Å². The first-order valence-corrected chi connectivity index (χ1v) is 6.52. The van der Waals surface area contributed by atoms with Gasteiger partial charge in [-0.05, 0) is 24.3 Å². The summed E-state index contributed by atoms with van der Waals surface area (Å²) in [7, 11) is 0. The van der Waals surface area contributed by atoms with Crippen LogP contribution in [0.5, 0.6) is 0 Å². The molecule has 6 nitrogen and oxygen atoms in total. The van der Waals surface area contributed by atoms with E-state index >= 15 is 0 Å². The van der Waals surface area contributed by atoms with E-state index in [2.05, 4.69) is 9.97 Å². The van der Waals surface area contributed by atoms with Gasteiger partial charge < -0.3 is 5.73 Å². The molecule has 1 heterocycles. The lowest BCUT2D eigenvalue weighted by Crippen LogP contribution is -2.11. The molecule has 0 spiro atoms. The Morgan fingerprint density at radius 1 is 1.25 bits per heavy atom. The van der Waals surface area contributed by atoms with Gasteiger partial charge in [-0.1, -0.05) is 30.7 Å². The number of nitrogens with two attached hydrogens (primary N) is 1. The SMILES string of the molecule is Nc1ncnc(-c2ccccc2C2CCC2)c1[N+](=O)[O-]. The Bertz CT molecular complexity index is 668. The lowest BCUT2D eigenvalue weighted by atomic mass is 9.77. The van der Waals surface area contributed by atoms with Crippen LogP contribution in [0.25, 0.3) is 11.3 Å². The summed E-state index contributed by atoms with van der Waals surface area (Å²) in [6, 6.07) is 7.69. The van der Waals surface area contributed by atoms with Crippen LogP contribution in [0.1, 0.15) is 30.7 Å². The number of nitro groups is 1. The van der Waals surface area contributed by atoms with Crippen LogP contribution in [0.3, 0.4) is 0 Å². The Balaban J connectivity index is 2.19. The zero-order valence-electron chi connectivity index (χ0n) is 10.8. The molecule has 0 radical (unpaired) electrons. The number of hydrogen-bond acceptors (Lipinski definition) is 5. The van der Waals surface area contributed by atoms with Crippen LogP contribution < -0.4 is 5.73 Å². The Hall–Kier alpha value is -2.50. The highest BCUT2D eigenvalue weighted by Crippen LogP contribution is 2.42. The van der Waals surface area contributed by atoms with Crippen LogP contribution in [-0.4, -0.2) is 14.9 Å². The minimum Gasteiger partial charge on any atom is -0.378 e. The maximum absolute atomic E-state index is 11.2. The molecule has 20 heavy (non-hydrogen) atoms. The molecular weight excluding hydrogens is 256 g/mol. The summed E-state index contributed by atoms with van der Waals surface area (Å²) in [5.41, 5.74) is 7.64. The van der Waals surface area contributed by atoms with E-state index in [-0.39, 0.29) is 11.5 Å². The molecule has 0 amide bonds. The van der Waals surface area contributed by atoms with Crippen LogP contribution in [0, 0.1) is 10.1 Å². The average Bonchev–Trinajstić information content (AvgIpc) is 2.36. The summed E-state index contributed by atoms with van der Waals surface area (Å²) in [5, 5.41) is 11.2. The van der Waals surface area contributed by atoms with E-state index in [0.717, 1.165) is 24.0 Å². The van der Waals surface area contributed by atoms with Crippen molar-refractivity contribution in [2.75, 3.05) is 5.73 Å². The molecule has 1 aromatic heterocycles. The first-order chi connectivity index (χ1) is 9.68. The van der Waals surface area contributed by atoms with Gasteiger partial charge in [-0.2, -0.15) is 0 Å². The van der Waals surface area contributed by atoms with Gasteiger partial charge >= 0.3 is 5.69 Å². The molecule has 1 aromatic carbocycles. The molecule has 2 N–H and O–H groups in total. The summed E-state index contributed by atoms with van der Waals surface area (Å²) in [5.74, 6) is 0.366. The lowest BCUT2D eigenvalue weighted by molar-refractivity contribution is -0.383. The predicted octanol–water partition coefficient (Wildman–Crippen LogP) is 2.90. The molecule has 102 valence electrons. The van der Waals surface area contributed by atoms with Crippen LogP contribution in [0.2, 0.25) is 0 Å². The van der Waals surface area contributed by atoms with Gasteiger partial charge in [0.15, 0.2) is 5.69 Å². The van der Waals surface area contributed by atoms with Crippen molar-refractivity contribution in [3.05, 3.63) is 46.3 Å². The monoisotopic (exact) mass is 270 g/mol. The summed E-state index contributed by atoms with van der Waals surface area (Å²) < 4.78 is 0. The number of aromatic nitrogens is 2. The molecule has 0 unspecified atom stereocenters. The highest BCUT2D eigenvalue weighted by atomic mass is 16.6. The molecule has 2 aromatic rings. The van der Waals surface area contributed by atoms with Crippen molar-refractivity contribution >= 4 is 11.5 Å². The maximum Gasteiger partial charge on any atom is 0.337 e. The van der Waals surface area contributed by atoms with E-state index in [9.17, 15) is 10.1 Å². The molecule has 1 aliphatic carbocycles. The standard InChI is InChI=1S/C14H14N4O2/c15-14-13(18(19)20)12(16-8-17-14)11-7-2-1-6-10(11)9-4-3-5-9/h1-2,6-9H,3-5H2,(H2,15,16,17). The topological polar surface area (TPSA) is 94.9 Å². The fourth-order valence-corrected chi connectivity index (χ4v) is 2.56. The number of rotatable bonds is 3. The molecule has 1 fully saturated rings. The van der Waals surface area contributed by atoms with Crippen LogP contribution >= 0.6 is 0 Å². The number of benzene rings is 1. The minimum absolute atomic E-state index is 0.0941. The number of nitrogen functional groups attached to an aromatic ring is 1. The third-order valence-electron chi connectivity index (χ3n) is 3.79. The number of nitrogens with zero attached hydrogens (tertiary/aromatic N) is 3. The zero-order valence-corrected chi connectivity index (χ0v) is 10.8. The van der Waals surface area contributed by atoms with Gasteiger partial charge in [-0.15, -0.1) is 0 Å². The minimum atomic E-state index is -0.512. The van der Waals surface area contributed by atoms with Crippen molar-refractivity contribution in [3.8, 4) is 11.3 Å². The van der Waals surface area contributed by atoms with Crippen LogP contribution in [-0.2, 0) is 0 Å². The molecular formula is C14H14N4O2.